The van der Waals surface area contributed by atoms with Gasteiger partial charge in [0, 0.05) is 16.6 Å². The second-order valence-electron chi connectivity index (χ2n) is 4.54. The summed E-state index contributed by atoms with van der Waals surface area (Å²) in [6, 6.07) is 12.1. The van der Waals surface area contributed by atoms with Crippen molar-refractivity contribution in [3.05, 3.63) is 58.1 Å². The van der Waals surface area contributed by atoms with Gasteiger partial charge in [-0.25, -0.2) is 8.42 Å². The minimum absolute atomic E-state index is 0.132. The zero-order valence-electron chi connectivity index (χ0n) is 11.5. The van der Waals surface area contributed by atoms with Gasteiger partial charge in [-0.2, -0.15) is 0 Å². The number of methoxy groups -OCH3 is 1. The molecule has 0 saturated heterocycles. The molecular formula is C15H16BrNO3S. The molecule has 2 rings (SSSR count). The maximum atomic E-state index is 12.6. The second-order valence-corrected chi connectivity index (χ2v) is 7.35. The Hall–Kier alpha value is -1.37. The molecule has 0 unspecified atom stereocenters. The summed E-state index contributed by atoms with van der Waals surface area (Å²) in [5, 5.41) is 0. The van der Waals surface area contributed by atoms with Crippen LogP contribution in [-0.4, -0.2) is 15.5 Å². The topological polar surface area (TPSA) is 69.4 Å². The lowest BCUT2D eigenvalue weighted by atomic mass is 10.1. The first kappa shape index (κ1) is 16.0. The Labute approximate surface area is 133 Å². The molecule has 0 atom stereocenters. The zero-order chi connectivity index (χ0) is 15.5. The van der Waals surface area contributed by atoms with Crippen LogP contribution in [0.1, 0.15) is 11.1 Å². The normalized spacial score (nSPS) is 11.4. The fourth-order valence-electron chi connectivity index (χ4n) is 2.05. The van der Waals surface area contributed by atoms with E-state index in [0.29, 0.717) is 22.3 Å². The monoisotopic (exact) mass is 369 g/mol. The Bertz CT molecular complexity index is 744. The van der Waals surface area contributed by atoms with E-state index in [2.05, 4.69) is 15.9 Å². The van der Waals surface area contributed by atoms with Crippen molar-refractivity contribution in [3.8, 4) is 5.75 Å². The summed E-state index contributed by atoms with van der Waals surface area (Å²) in [4.78, 5) is 0.269. The predicted octanol–water partition coefficient (Wildman–Crippen LogP) is 2.89. The zero-order valence-corrected chi connectivity index (χ0v) is 13.9. The highest BCUT2D eigenvalue weighted by Gasteiger charge is 2.20. The van der Waals surface area contributed by atoms with E-state index in [9.17, 15) is 8.42 Å². The molecular weight excluding hydrogens is 354 g/mol. The van der Waals surface area contributed by atoms with E-state index in [1.54, 1.807) is 36.4 Å². The molecule has 112 valence electrons. The Balaban J connectivity index is 2.43. The van der Waals surface area contributed by atoms with Crippen LogP contribution in [0, 0.1) is 0 Å². The average molecular weight is 370 g/mol. The molecule has 0 aliphatic carbocycles. The number of rotatable bonds is 5. The van der Waals surface area contributed by atoms with Gasteiger partial charge in [-0.05, 0) is 45.8 Å². The fourth-order valence-corrected chi connectivity index (χ4v) is 4.52. The quantitative estimate of drug-likeness (QED) is 0.879. The van der Waals surface area contributed by atoms with Crippen molar-refractivity contribution < 1.29 is 13.2 Å². The van der Waals surface area contributed by atoms with Crippen LogP contribution in [0.3, 0.4) is 0 Å². The van der Waals surface area contributed by atoms with Crippen LogP contribution in [0.2, 0.25) is 0 Å². The third kappa shape index (κ3) is 3.64. The lowest BCUT2D eigenvalue weighted by Crippen LogP contribution is -2.08. The molecule has 0 fully saturated rings. The fraction of sp³-hybridized carbons (Fsp3) is 0.200. The van der Waals surface area contributed by atoms with Gasteiger partial charge in [0.05, 0.1) is 17.8 Å². The molecule has 0 spiro atoms. The third-order valence-electron chi connectivity index (χ3n) is 3.10. The van der Waals surface area contributed by atoms with E-state index in [0.717, 1.165) is 5.56 Å². The molecule has 0 aliphatic rings. The summed E-state index contributed by atoms with van der Waals surface area (Å²) < 4.78 is 30.9. The van der Waals surface area contributed by atoms with Crippen molar-refractivity contribution in [3.63, 3.8) is 0 Å². The average Bonchev–Trinajstić information content (AvgIpc) is 2.47. The number of ether oxygens (including phenoxy) is 1. The summed E-state index contributed by atoms with van der Waals surface area (Å²) >= 11 is 3.28. The van der Waals surface area contributed by atoms with Crippen LogP contribution in [0.25, 0.3) is 0 Å². The molecule has 0 amide bonds. The van der Waals surface area contributed by atoms with Crippen molar-refractivity contribution in [1.82, 2.24) is 0 Å². The molecule has 6 heteroatoms. The van der Waals surface area contributed by atoms with Gasteiger partial charge in [-0.3, -0.25) is 0 Å². The van der Waals surface area contributed by atoms with Crippen LogP contribution in [0.5, 0.6) is 5.75 Å². The Kier molecular flexibility index (Phi) is 5.03. The van der Waals surface area contributed by atoms with Gasteiger partial charge in [0.2, 0.25) is 0 Å². The molecule has 0 bridgehead atoms. The number of halogens is 1. The van der Waals surface area contributed by atoms with Crippen molar-refractivity contribution in [2.45, 2.75) is 17.2 Å². The summed E-state index contributed by atoms with van der Waals surface area (Å²) in [6.07, 6.45) is 0. The minimum atomic E-state index is -3.47. The molecule has 4 nitrogen and oxygen atoms in total. The highest BCUT2D eigenvalue weighted by Crippen LogP contribution is 2.28. The maximum Gasteiger partial charge on any atom is 0.183 e. The maximum absolute atomic E-state index is 12.6. The molecule has 0 aliphatic heterocycles. The number of nitrogens with two attached hydrogens (primary N) is 1. The molecule has 21 heavy (non-hydrogen) atoms. The van der Waals surface area contributed by atoms with Crippen LogP contribution < -0.4 is 10.5 Å². The van der Waals surface area contributed by atoms with Crippen molar-refractivity contribution >= 4 is 25.8 Å². The van der Waals surface area contributed by atoms with Gasteiger partial charge in [-0.1, -0.05) is 18.2 Å². The van der Waals surface area contributed by atoms with Gasteiger partial charge >= 0.3 is 0 Å². The van der Waals surface area contributed by atoms with Gasteiger partial charge in [0.15, 0.2) is 9.84 Å². The van der Waals surface area contributed by atoms with Crippen molar-refractivity contribution in [1.29, 1.82) is 0 Å². The Morgan fingerprint density at radius 2 is 1.90 bits per heavy atom. The summed E-state index contributed by atoms with van der Waals surface area (Å²) in [5.41, 5.74) is 7.09. The van der Waals surface area contributed by atoms with Crippen LogP contribution in [-0.2, 0) is 22.1 Å². The van der Waals surface area contributed by atoms with Gasteiger partial charge in [0.1, 0.15) is 5.75 Å². The molecule has 2 aromatic carbocycles. The molecule has 0 heterocycles. The highest BCUT2D eigenvalue weighted by molar-refractivity contribution is 9.10. The highest BCUT2D eigenvalue weighted by atomic mass is 79.9. The van der Waals surface area contributed by atoms with E-state index < -0.39 is 9.84 Å². The predicted molar refractivity (Wildman–Crippen MR) is 85.9 cm³/mol. The lowest BCUT2D eigenvalue weighted by Gasteiger charge is -2.11. The number of hydrogen-bond acceptors (Lipinski definition) is 4. The largest absolute Gasteiger partial charge is 0.496 e. The van der Waals surface area contributed by atoms with E-state index in [-0.39, 0.29) is 10.6 Å². The van der Waals surface area contributed by atoms with E-state index in [1.165, 1.54) is 7.11 Å². The molecule has 0 saturated carbocycles. The van der Waals surface area contributed by atoms with Crippen LogP contribution >= 0.6 is 15.9 Å². The number of sulfone groups is 1. The summed E-state index contributed by atoms with van der Waals surface area (Å²) in [7, 11) is -1.95. The van der Waals surface area contributed by atoms with Gasteiger partial charge in [0.25, 0.3) is 0 Å². The van der Waals surface area contributed by atoms with Gasteiger partial charge in [-0.15, -0.1) is 0 Å². The minimum Gasteiger partial charge on any atom is -0.496 e. The first-order chi connectivity index (χ1) is 9.97. The van der Waals surface area contributed by atoms with E-state index >= 15 is 0 Å². The number of hydrogen-bond donors (Lipinski definition) is 1. The summed E-state index contributed by atoms with van der Waals surface area (Å²) in [6.45, 7) is 0.353. The molecule has 2 aromatic rings. The molecule has 0 aromatic heterocycles. The van der Waals surface area contributed by atoms with E-state index in [1.807, 2.05) is 6.07 Å². The first-order valence-electron chi connectivity index (χ1n) is 6.31. The van der Waals surface area contributed by atoms with Crippen molar-refractivity contribution in [2.24, 2.45) is 5.73 Å². The second kappa shape index (κ2) is 6.60. The lowest BCUT2D eigenvalue weighted by molar-refractivity contribution is 0.410. The van der Waals surface area contributed by atoms with Crippen LogP contribution in [0.15, 0.2) is 51.8 Å². The third-order valence-corrected chi connectivity index (χ3v) is 5.77. The SMILES string of the molecule is COc1ccc(CN)cc1CS(=O)(=O)c1ccccc1Br. The Morgan fingerprint density at radius 1 is 1.19 bits per heavy atom. The van der Waals surface area contributed by atoms with Crippen molar-refractivity contribution in [2.75, 3.05) is 7.11 Å². The Morgan fingerprint density at radius 3 is 2.52 bits per heavy atom. The smallest absolute Gasteiger partial charge is 0.183 e. The number of benzene rings is 2. The standard InChI is InChI=1S/C15H16BrNO3S/c1-20-14-7-6-11(9-17)8-12(14)10-21(18,19)15-5-3-2-4-13(15)16/h2-8H,9-10,17H2,1H3. The van der Waals surface area contributed by atoms with Crippen LogP contribution in [0.4, 0.5) is 0 Å². The molecule has 2 N–H and O–H groups in total. The first-order valence-corrected chi connectivity index (χ1v) is 8.75. The van der Waals surface area contributed by atoms with Gasteiger partial charge < -0.3 is 10.5 Å². The molecule has 0 radical (unpaired) electrons. The summed E-state index contributed by atoms with van der Waals surface area (Å²) in [5.74, 6) is 0.412. The van der Waals surface area contributed by atoms with E-state index in [4.69, 9.17) is 10.5 Å².